The molecule has 1 aliphatic carbocycles. The Kier molecular flexibility index (Phi) is 6.73. The second kappa shape index (κ2) is 10.1. The molecule has 2 aromatic heterocycles. The molecule has 1 fully saturated rings. The molecule has 11 heteroatoms. The van der Waals surface area contributed by atoms with Crippen LogP contribution in [0.4, 0.5) is 15.8 Å². The van der Waals surface area contributed by atoms with E-state index in [0.29, 0.717) is 52.5 Å². The van der Waals surface area contributed by atoms with Crippen molar-refractivity contribution in [2.75, 3.05) is 24.9 Å². The first-order chi connectivity index (χ1) is 18.3. The van der Waals surface area contributed by atoms with Crippen LogP contribution in [0.1, 0.15) is 12.8 Å². The van der Waals surface area contributed by atoms with Gasteiger partial charge in [-0.15, -0.1) is 0 Å². The molecule has 0 atom stereocenters. The van der Waals surface area contributed by atoms with Gasteiger partial charge in [0.2, 0.25) is 11.8 Å². The molecule has 1 saturated carbocycles. The summed E-state index contributed by atoms with van der Waals surface area (Å²) in [6.07, 6.45) is 2.37. The van der Waals surface area contributed by atoms with E-state index in [2.05, 4.69) is 20.6 Å². The number of methoxy groups -OCH3 is 2. The molecule has 0 radical (unpaired) electrons. The summed E-state index contributed by atoms with van der Waals surface area (Å²) in [5, 5.41) is 5.66. The zero-order chi connectivity index (χ0) is 26.9. The van der Waals surface area contributed by atoms with E-state index in [1.54, 1.807) is 30.5 Å². The summed E-state index contributed by atoms with van der Waals surface area (Å²) >= 11 is 6.47. The Bertz CT molecular complexity index is 1540. The van der Waals surface area contributed by atoms with Gasteiger partial charge in [0.05, 0.1) is 24.8 Å². The van der Waals surface area contributed by atoms with Gasteiger partial charge in [-0.1, -0.05) is 11.6 Å². The van der Waals surface area contributed by atoms with Crippen LogP contribution in [0.15, 0.2) is 60.8 Å². The Labute approximate surface area is 221 Å². The number of carbonyl (C=O) groups excluding carboxylic acids is 2. The fourth-order valence-corrected chi connectivity index (χ4v) is 4.10. The van der Waals surface area contributed by atoms with Crippen molar-refractivity contribution in [2.45, 2.75) is 12.8 Å². The van der Waals surface area contributed by atoms with Gasteiger partial charge in [-0.2, -0.15) is 0 Å². The van der Waals surface area contributed by atoms with Crippen LogP contribution in [0.5, 0.6) is 23.1 Å². The van der Waals surface area contributed by atoms with Crippen molar-refractivity contribution in [1.29, 1.82) is 0 Å². The summed E-state index contributed by atoms with van der Waals surface area (Å²) < 4.78 is 29.7. The predicted octanol–water partition coefficient (Wildman–Crippen LogP) is 5.59. The average molecular weight is 537 g/mol. The van der Waals surface area contributed by atoms with E-state index in [1.165, 1.54) is 44.6 Å². The number of amides is 2. The average Bonchev–Trinajstić information content (AvgIpc) is 3.73. The maximum atomic E-state index is 13.1. The predicted molar refractivity (Wildman–Crippen MR) is 139 cm³/mol. The van der Waals surface area contributed by atoms with Gasteiger partial charge in [-0.05, 0) is 55.3 Å². The molecule has 0 aliphatic heterocycles. The van der Waals surface area contributed by atoms with Crippen molar-refractivity contribution in [3.05, 3.63) is 71.6 Å². The lowest BCUT2D eigenvalue weighted by molar-refractivity contribution is -0.131. The highest BCUT2D eigenvalue weighted by atomic mass is 35.5. The number of nitrogens with one attached hydrogen (secondary N) is 2. The number of hydrogen-bond acceptors (Lipinski definition) is 7. The zero-order valence-corrected chi connectivity index (χ0v) is 21.1. The minimum atomic E-state index is -1.20. The van der Waals surface area contributed by atoms with Gasteiger partial charge in [-0.3, -0.25) is 14.6 Å². The molecule has 2 N–H and O–H groups in total. The first-order valence-electron chi connectivity index (χ1n) is 11.6. The van der Waals surface area contributed by atoms with Gasteiger partial charge in [-0.25, -0.2) is 9.37 Å². The highest BCUT2D eigenvalue weighted by Gasteiger charge is 2.56. The molecular weight excluding hydrogens is 515 g/mol. The van der Waals surface area contributed by atoms with E-state index >= 15 is 0 Å². The van der Waals surface area contributed by atoms with Gasteiger partial charge in [0.15, 0.2) is 11.5 Å². The summed E-state index contributed by atoms with van der Waals surface area (Å²) in [6.45, 7) is 0. The number of carbonyl (C=O) groups is 2. The second-order valence-corrected chi connectivity index (χ2v) is 9.03. The van der Waals surface area contributed by atoms with Gasteiger partial charge in [0.25, 0.3) is 5.88 Å². The number of anilines is 2. The Hall–Kier alpha value is -4.44. The summed E-state index contributed by atoms with van der Waals surface area (Å²) in [5.74, 6) is 0.110. The first kappa shape index (κ1) is 25.2. The molecule has 0 spiro atoms. The van der Waals surface area contributed by atoms with E-state index < -0.39 is 23.0 Å². The minimum Gasteiger partial charge on any atom is -0.491 e. The molecule has 0 saturated heterocycles. The van der Waals surface area contributed by atoms with E-state index in [-0.39, 0.29) is 10.9 Å². The molecule has 9 nitrogen and oxygen atoms in total. The summed E-state index contributed by atoms with van der Waals surface area (Å²) in [6, 6.07) is 13.4. The largest absolute Gasteiger partial charge is 0.491 e. The molecular formula is C27H22ClFN4O5. The minimum absolute atomic E-state index is 0.230. The monoisotopic (exact) mass is 536 g/mol. The van der Waals surface area contributed by atoms with Crippen molar-refractivity contribution >= 4 is 45.8 Å². The van der Waals surface area contributed by atoms with Crippen molar-refractivity contribution in [3.63, 3.8) is 0 Å². The van der Waals surface area contributed by atoms with Crippen LogP contribution in [0.3, 0.4) is 0 Å². The number of ether oxygens (including phenoxy) is 3. The van der Waals surface area contributed by atoms with Gasteiger partial charge >= 0.3 is 0 Å². The Morgan fingerprint density at radius 2 is 1.58 bits per heavy atom. The highest BCUT2D eigenvalue weighted by Crippen LogP contribution is 2.48. The molecule has 2 aromatic carbocycles. The molecule has 0 unspecified atom stereocenters. The smallest absolute Gasteiger partial charge is 0.257 e. The van der Waals surface area contributed by atoms with Crippen molar-refractivity contribution in [3.8, 4) is 23.1 Å². The fraction of sp³-hybridized carbons (Fsp3) is 0.185. The Morgan fingerprint density at radius 3 is 2.21 bits per heavy atom. The number of rotatable bonds is 8. The fourth-order valence-electron chi connectivity index (χ4n) is 3.88. The molecule has 1 aliphatic rings. The zero-order valence-electron chi connectivity index (χ0n) is 20.4. The lowest BCUT2D eigenvalue weighted by Crippen LogP contribution is -2.35. The Balaban J connectivity index is 1.31. The molecule has 2 heterocycles. The van der Waals surface area contributed by atoms with Crippen molar-refractivity contribution in [2.24, 2.45) is 5.41 Å². The number of nitrogens with zero attached hydrogens (tertiary/aromatic N) is 2. The number of pyridine rings is 2. The standard InChI is InChI=1S/C27H22ClFN4O5/c1-36-22-14-19-23(33-24(22)37-2)21(9-12-30-19)38-20-8-7-17(13-18(20)28)32-26(35)27(10-11-27)25(34)31-16-5-3-15(29)4-6-16/h3-9,12-14H,10-11H2,1-2H3,(H,31,34)(H,32,35). The SMILES string of the molecule is COc1cc2nccc(Oc3ccc(NC(=O)C4(C(=O)Nc5ccc(F)cc5)CC4)cc3Cl)c2nc1OC. The maximum absolute atomic E-state index is 13.1. The van der Waals surface area contributed by atoms with Gasteiger partial charge in [0.1, 0.15) is 22.5 Å². The molecule has 38 heavy (non-hydrogen) atoms. The van der Waals surface area contributed by atoms with E-state index in [0.717, 1.165) is 0 Å². The van der Waals surface area contributed by atoms with Crippen LogP contribution in [0, 0.1) is 11.2 Å². The van der Waals surface area contributed by atoms with Crippen LogP contribution in [0.2, 0.25) is 5.02 Å². The Morgan fingerprint density at radius 1 is 0.895 bits per heavy atom. The summed E-state index contributed by atoms with van der Waals surface area (Å²) in [7, 11) is 2.99. The second-order valence-electron chi connectivity index (χ2n) is 8.62. The third-order valence-electron chi connectivity index (χ3n) is 6.15. The third-order valence-corrected chi connectivity index (χ3v) is 6.45. The van der Waals surface area contributed by atoms with Crippen LogP contribution in [-0.2, 0) is 9.59 Å². The van der Waals surface area contributed by atoms with Gasteiger partial charge < -0.3 is 24.8 Å². The highest BCUT2D eigenvalue weighted by molar-refractivity contribution is 6.32. The molecule has 2 amide bonds. The number of hydrogen-bond donors (Lipinski definition) is 2. The van der Waals surface area contributed by atoms with Crippen LogP contribution in [-0.4, -0.2) is 36.0 Å². The van der Waals surface area contributed by atoms with Crippen molar-refractivity contribution < 1.29 is 28.2 Å². The van der Waals surface area contributed by atoms with Crippen LogP contribution in [0.25, 0.3) is 11.0 Å². The van der Waals surface area contributed by atoms with E-state index in [9.17, 15) is 14.0 Å². The molecule has 4 aromatic rings. The molecule has 0 bridgehead atoms. The number of fused-ring (bicyclic) bond motifs is 1. The van der Waals surface area contributed by atoms with E-state index in [4.69, 9.17) is 25.8 Å². The van der Waals surface area contributed by atoms with Crippen LogP contribution < -0.4 is 24.8 Å². The molecule has 194 valence electrons. The quantitative estimate of drug-likeness (QED) is 0.282. The lowest BCUT2D eigenvalue weighted by atomic mass is 10.0. The maximum Gasteiger partial charge on any atom is 0.257 e. The first-order valence-corrected chi connectivity index (χ1v) is 11.9. The van der Waals surface area contributed by atoms with Crippen LogP contribution >= 0.6 is 11.6 Å². The summed E-state index contributed by atoms with van der Waals surface area (Å²) in [4.78, 5) is 34.5. The lowest BCUT2D eigenvalue weighted by Gasteiger charge is -2.16. The summed E-state index contributed by atoms with van der Waals surface area (Å²) in [5.41, 5.74) is 0.597. The van der Waals surface area contributed by atoms with E-state index in [1.807, 2.05) is 0 Å². The van der Waals surface area contributed by atoms with Gasteiger partial charge in [0, 0.05) is 29.7 Å². The number of aromatic nitrogens is 2. The number of benzene rings is 2. The van der Waals surface area contributed by atoms with Crippen molar-refractivity contribution in [1.82, 2.24) is 9.97 Å². The molecule has 5 rings (SSSR count). The third kappa shape index (κ3) is 4.90. The topological polar surface area (TPSA) is 112 Å². The normalized spacial score (nSPS) is 13.5. The number of halogens is 2.